The van der Waals surface area contributed by atoms with Crippen LogP contribution in [0.25, 0.3) is 0 Å². The highest BCUT2D eigenvalue weighted by Crippen LogP contribution is 2.25. The number of nitrogens with one attached hydrogen (secondary N) is 2. The molecule has 0 saturated heterocycles. The molecule has 8 heteroatoms. The molecular formula is C15H17BrN4O3. The standard InChI is InChI=1S/C15H17BrN4O3/c1-23-14-3-2-10(6-12(14)16)7-13(20-22)15(21)18-5-4-11-8-17-9-19-11/h2-3,6,8-9,22H,4-5,7H2,1H3,(H,17,19)(H,18,21). The van der Waals surface area contributed by atoms with E-state index in [1.807, 2.05) is 12.1 Å². The van der Waals surface area contributed by atoms with Gasteiger partial charge < -0.3 is 20.2 Å². The molecule has 0 aliphatic carbocycles. The van der Waals surface area contributed by atoms with Crippen LogP contribution in [0.4, 0.5) is 0 Å². The van der Waals surface area contributed by atoms with E-state index in [1.54, 1.807) is 25.7 Å². The average molecular weight is 381 g/mol. The maximum Gasteiger partial charge on any atom is 0.269 e. The van der Waals surface area contributed by atoms with Gasteiger partial charge in [-0.25, -0.2) is 4.98 Å². The molecule has 0 fully saturated rings. The summed E-state index contributed by atoms with van der Waals surface area (Å²) in [4.78, 5) is 18.9. The monoisotopic (exact) mass is 380 g/mol. The minimum absolute atomic E-state index is 0.0478. The van der Waals surface area contributed by atoms with Gasteiger partial charge >= 0.3 is 0 Å². The Kier molecular flexibility index (Phi) is 6.16. The van der Waals surface area contributed by atoms with Gasteiger partial charge in [-0.3, -0.25) is 4.79 Å². The van der Waals surface area contributed by atoms with E-state index in [-0.39, 0.29) is 12.1 Å². The molecule has 1 amide bonds. The third-order valence-electron chi connectivity index (χ3n) is 3.21. The molecule has 0 radical (unpaired) electrons. The molecule has 23 heavy (non-hydrogen) atoms. The summed E-state index contributed by atoms with van der Waals surface area (Å²) in [5, 5.41) is 14.9. The van der Waals surface area contributed by atoms with Gasteiger partial charge in [-0.2, -0.15) is 0 Å². The lowest BCUT2D eigenvalue weighted by molar-refractivity contribution is -0.115. The Morgan fingerprint density at radius 1 is 1.52 bits per heavy atom. The lowest BCUT2D eigenvalue weighted by Crippen LogP contribution is -2.33. The van der Waals surface area contributed by atoms with E-state index in [0.29, 0.717) is 18.7 Å². The summed E-state index contributed by atoms with van der Waals surface area (Å²) < 4.78 is 5.93. The summed E-state index contributed by atoms with van der Waals surface area (Å²) in [6.07, 6.45) is 4.12. The van der Waals surface area contributed by atoms with Crippen molar-refractivity contribution >= 4 is 27.5 Å². The van der Waals surface area contributed by atoms with Crippen LogP contribution in [0.3, 0.4) is 0 Å². The summed E-state index contributed by atoms with van der Waals surface area (Å²) in [5.41, 5.74) is 1.80. The van der Waals surface area contributed by atoms with E-state index in [1.165, 1.54) is 0 Å². The first-order chi connectivity index (χ1) is 11.1. The van der Waals surface area contributed by atoms with Crippen molar-refractivity contribution in [3.05, 3.63) is 46.5 Å². The second-order valence-electron chi connectivity index (χ2n) is 4.78. The number of H-pyrrole nitrogens is 1. The Morgan fingerprint density at radius 2 is 2.35 bits per heavy atom. The van der Waals surface area contributed by atoms with Crippen molar-refractivity contribution in [2.45, 2.75) is 12.8 Å². The number of halogens is 1. The second-order valence-corrected chi connectivity index (χ2v) is 5.63. The van der Waals surface area contributed by atoms with Crippen molar-refractivity contribution in [3.63, 3.8) is 0 Å². The number of rotatable bonds is 7. The molecule has 0 aliphatic heterocycles. The SMILES string of the molecule is COc1ccc(CC(=NO)C(=O)NCCc2cnc[nH]2)cc1Br. The van der Waals surface area contributed by atoms with Gasteiger partial charge in [0.1, 0.15) is 11.5 Å². The average Bonchev–Trinajstić information content (AvgIpc) is 3.06. The molecule has 0 bridgehead atoms. The number of imidazole rings is 1. The molecule has 1 aromatic carbocycles. The van der Waals surface area contributed by atoms with Crippen molar-refractivity contribution in [2.24, 2.45) is 5.16 Å². The molecule has 1 heterocycles. The van der Waals surface area contributed by atoms with Gasteiger partial charge in [0.05, 0.1) is 17.9 Å². The first-order valence-electron chi connectivity index (χ1n) is 6.93. The van der Waals surface area contributed by atoms with Gasteiger partial charge in [0.15, 0.2) is 0 Å². The topological polar surface area (TPSA) is 99.6 Å². The Labute approximate surface area is 141 Å². The van der Waals surface area contributed by atoms with Crippen LogP contribution in [0.15, 0.2) is 40.4 Å². The molecule has 7 nitrogen and oxygen atoms in total. The Balaban J connectivity index is 1.91. The third-order valence-corrected chi connectivity index (χ3v) is 3.83. The predicted octanol–water partition coefficient (Wildman–Crippen LogP) is 1.91. The first kappa shape index (κ1) is 17.0. The summed E-state index contributed by atoms with van der Waals surface area (Å²) in [6.45, 7) is 0.423. The summed E-state index contributed by atoms with van der Waals surface area (Å²) in [7, 11) is 1.58. The quantitative estimate of drug-likeness (QED) is 0.388. The van der Waals surface area contributed by atoms with Crippen molar-refractivity contribution in [1.82, 2.24) is 15.3 Å². The van der Waals surface area contributed by atoms with E-state index in [0.717, 1.165) is 15.7 Å². The molecule has 0 atom stereocenters. The smallest absolute Gasteiger partial charge is 0.269 e. The zero-order valence-electron chi connectivity index (χ0n) is 12.5. The Morgan fingerprint density at radius 3 is 2.96 bits per heavy atom. The third kappa shape index (κ3) is 4.82. The van der Waals surface area contributed by atoms with Crippen LogP contribution in [-0.2, 0) is 17.6 Å². The number of methoxy groups -OCH3 is 1. The number of benzene rings is 1. The van der Waals surface area contributed by atoms with Crippen LogP contribution in [-0.4, -0.2) is 40.4 Å². The normalized spacial score (nSPS) is 11.3. The number of oxime groups is 1. The molecule has 3 N–H and O–H groups in total. The van der Waals surface area contributed by atoms with Crippen molar-refractivity contribution in [2.75, 3.05) is 13.7 Å². The number of carbonyl (C=O) groups is 1. The van der Waals surface area contributed by atoms with Crippen molar-refractivity contribution < 1.29 is 14.7 Å². The number of nitrogens with zero attached hydrogens (tertiary/aromatic N) is 2. The highest BCUT2D eigenvalue weighted by molar-refractivity contribution is 9.10. The number of hydrogen-bond donors (Lipinski definition) is 3. The molecular weight excluding hydrogens is 364 g/mol. The largest absolute Gasteiger partial charge is 0.496 e. The zero-order chi connectivity index (χ0) is 16.7. The first-order valence-corrected chi connectivity index (χ1v) is 7.72. The van der Waals surface area contributed by atoms with Crippen LogP contribution < -0.4 is 10.1 Å². The molecule has 0 saturated carbocycles. The van der Waals surface area contributed by atoms with Crippen molar-refractivity contribution in [1.29, 1.82) is 0 Å². The van der Waals surface area contributed by atoms with Crippen LogP contribution in [0.1, 0.15) is 11.3 Å². The number of aromatic nitrogens is 2. The van der Waals surface area contributed by atoms with Gasteiger partial charge in [0.25, 0.3) is 5.91 Å². The highest BCUT2D eigenvalue weighted by atomic mass is 79.9. The minimum Gasteiger partial charge on any atom is -0.496 e. The zero-order valence-corrected chi connectivity index (χ0v) is 14.1. The second kappa shape index (κ2) is 8.33. The van der Waals surface area contributed by atoms with Crippen LogP contribution in [0, 0.1) is 0 Å². The van der Waals surface area contributed by atoms with Gasteiger partial charge in [0, 0.05) is 31.3 Å². The van der Waals surface area contributed by atoms with Gasteiger partial charge in [-0.1, -0.05) is 11.2 Å². The highest BCUT2D eigenvalue weighted by Gasteiger charge is 2.14. The Hall–Kier alpha value is -2.35. The maximum absolute atomic E-state index is 12.1. The fourth-order valence-corrected chi connectivity index (χ4v) is 2.60. The molecule has 1 aromatic heterocycles. The molecule has 0 aliphatic rings. The van der Waals surface area contributed by atoms with Crippen LogP contribution >= 0.6 is 15.9 Å². The van der Waals surface area contributed by atoms with E-state index >= 15 is 0 Å². The molecule has 2 aromatic rings. The van der Waals surface area contributed by atoms with Gasteiger partial charge in [-0.05, 0) is 33.6 Å². The van der Waals surface area contributed by atoms with Gasteiger partial charge in [-0.15, -0.1) is 0 Å². The predicted molar refractivity (Wildman–Crippen MR) is 88.9 cm³/mol. The van der Waals surface area contributed by atoms with Crippen LogP contribution in [0.5, 0.6) is 5.75 Å². The fraction of sp³-hybridized carbons (Fsp3) is 0.267. The summed E-state index contributed by atoms with van der Waals surface area (Å²) in [5.74, 6) is 0.291. The van der Waals surface area contributed by atoms with Crippen molar-refractivity contribution in [3.8, 4) is 5.75 Å². The van der Waals surface area contributed by atoms with E-state index in [2.05, 4.69) is 36.4 Å². The minimum atomic E-state index is -0.404. The number of ether oxygens (including phenoxy) is 1. The molecule has 122 valence electrons. The molecule has 0 unspecified atom stereocenters. The lowest BCUT2D eigenvalue weighted by Gasteiger charge is -2.08. The maximum atomic E-state index is 12.1. The molecule has 2 rings (SSSR count). The Bertz CT molecular complexity index is 686. The molecule has 0 spiro atoms. The number of aromatic amines is 1. The van der Waals surface area contributed by atoms with E-state index in [4.69, 9.17) is 9.94 Å². The summed E-state index contributed by atoms with van der Waals surface area (Å²) in [6, 6.07) is 5.42. The van der Waals surface area contributed by atoms with Crippen LogP contribution in [0.2, 0.25) is 0 Å². The van der Waals surface area contributed by atoms with E-state index < -0.39 is 5.91 Å². The lowest BCUT2D eigenvalue weighted by atomic mass is 10.1. The number of hydrogen-bond acceptors (Lipinski definition) is 5. The fourth-order valence-electron chi connectivity index (χ4n) is 2.01. The number of amides is 1. The summed E-state index contributed by atoms with van der Waals surface area (Å²) >= 11 is 3.38. The van der Waals surface area contributed by atoms with E-state index in [9.17, 15) is 4.79 Å². The van der Waals surface area contributed by atoms with Gasteiger partial charge in [0.2, 0.25) is 0 Å². The number of carbonyl (C=O) groups excluding carboxylic acids is 1.